The highest BCUT2D eigenvalue weighted by Gasteiger charge is 2.17. The Hall–Kier alpha value is -3.22. The molecule has 2 rings (SSSR count). The van der Waals surface area contributed by atoms with Gasteiger partial charge in [0.15, 0.2) is 0 Å². The zero-order valence-corrected chi connectivity index (χ0v) is 15.5. The van der Waals surface area contributed by atoms with E-state index in [2.05, 4.69) is 5.32 Å². The summed E-state index contributed by atoms with van der Waals surface area (Å²) in [4.78, 5) is 36.9. The normalized spacial score (nSPS) is 10.3. The van der Waals surface area contributed by atoms with Crippen LogP contribution in [-0.2, 0) is 11.3 Å². The van der Waals surface area contributed by atoms with Gasteiger partial charge in [0.05, 0.1) is 11.5 Å². The predicted octanol–water partition coefficient (Wildman–Crippen LogP) is 3.07. The van der Waals surface area contributed by atoms with Crippen molar-refractivity contribution in [1.29, 1.82) is 0 Å². The number of nitrogens with one attached hydrogen (secondary N) is 1. The lowest BCUT2D eigenvalue weighted by atomic mass is 10.1. The van der Waals surface area contributed by atoms with Crippen LogP contribution in [0.4, 0.5) is 5.69 Å². The number of carbonyl (C=O) groups is 2. The summed E-state index contributed by atoms with van der Waals surface area (Å²) in [6.07, 6.45) is 0.802. The molecule has 7 nitrogen and oxygen atoms in total. The highest BCUT2D eigenvalue weighted by Crippen LogP contribution is 2.19. The second-order valence-corrected chi connectivity index (χ2v) is 6.24. The summed E-state index contributed by atoms with van der Waals surface area (Å²) in [5.41, 5.74) is 1.53. The van der Waals surface area contributed by atoms with Crippen LogP contribution in [0.3, 0.4) is 0 Å². The van der Waals surface area contributed by atoms with Crippen LogP contribution in [0.25, 0.3) is 0 Å². The summed E-state index contributed by atoms with van der Waals surface area (Å²) in [6.45, 7) is 4.48. The standard InChI is InChI=1S/C20H23N3O4/c1-3-11-22(14-16-7-5-4-6-8-16)19(24)13-21-20(25)17-10-9-15(2)18(12-17)23(26)27/h4-10,12H,3,11,13-14H2,1-2H3,(H,21,25). The van der Waals surface area contributed by atoms with Crippen LogP contribution in [0.5, 0.6) is 0 Å². The fraction of sp³-hybridized carbons (Fsp3) is 0.300. The van der Waals surface area contributed by atoms with Crippen LogP contribution in [0.1, 0.15) is 34.8 Å². The van der Waals surface area contributed by atoms with E-state index in [9.17, 15) is 19.7 Å². The maximum absolute atomic E-state index is 12.5. The van der Waals surface area contributed by atoms with Gasteiger partial charge in [-0.05, 0) is 25.0 Å². The summed E-state index contributed by atoms with van der Waals surface area (Å²) >= 11 is 0. The van der Waals surface area contributed by atoms with Gasteiger partial charge in [-0.1, -0.05) is 43.3 Å². The van der Waals surface area contributed by atoms with E-state index >= 15 is 0 Å². The number of hydrogen-bond donors (Lipinski definition) is 1. The Morgan fingerprint density at radius 2 is 1.85 bits per heavy atom. The zero-order chi connectivity index (χ0) is 19.8. The van der Waals surface area contributed by atoms with Crippen molar-refractivity contribution in [3.63, 3.8) is 0 Å². The van der Waals surface area contributed by atoms with Gasteiger partial charge in [-0.25, -0.2) is 0 Å². The first-order chi connectivity index (χ1) is 12.9. The van der Waals surface area contributed by atoms with Crippen LogP contribution in [0.2, 0.25) is 0 Å². The van der Waals surface area contributed by atoms with E-state index in [4.69, 9.17) is 0 Å². The lowest BCUT2D eigenvalue weighted by Crippen LogP contribution is -2.40. The maximum Gasteiger partial charge on any atom is 0.273 e. The number of nitro groups is 1. The zero-order valence-electron chi connectivity index (χ0n) is 15.5. The molecule has 0 aliphatic carbocycles. The summed E-state index contributed by atoms with van der Waals surface area (Å²) < 4.78 is 0. The number of aryl methyl sites for hydroxylation is 1. The summed E-state index contributed by atoms with van der Waals surface area (Å²) in [7, 11) is 0. The topological polar surface area (TPSA) is 92.6 Å². The van der Waals surface area contributed by atoms with Crippen molar-refractivity contribution in [3.05, 3.63) is 75.3 Å². The van der Waals surface area contributed by atoms with Crippen LogP contribution in [-0.4, -0.2) is 34.7 Å². The van der Waals surface area contributed by atoms with Crippen molar-refractivity contribution in [2.24, 2.45) is 0 Å². The molecule has 1 N–H and O–H groups in total. The Balaban J connectivity index is 2.00. The van der Waals surface area contributed by atoms with E-state index in [0.717, 1.165) is 12.0 Å². The van der Waals surface area contributed by atoms with E-state index in [1.54, 1.807) is 11.8 Å². The second-order valence-electron chi connectivity index (χ2n) is 6.24. The van der Waals surface area contributed by atoms with Crippen molar-refractivity contribution < 1.29 is 14.5 Å². The van der Waals surface area contributed by atoms with Gasteiger partial charge in [0.2, 0.25) is 5.91 Å². The number of benzene rings is 2. The summed E-state index contributed by atoms with van der Waals surface area (Å²) in [6, 6.07) is 13.9. The third-order valence-corrected chi connectivity index (χ3v) is 4.13. The van der Waals surface area contributed by atoms with Crippen molar-refractivity contribution in [2.75, 3.05) is 13.1 Å². The largest absolute Gasteiger partial charge is 0.343 e. The summed E-state index contributed by atoms with van der Waals surface area (Å²) in [5.74, 6) is -0.710. The number of hydrogen-bond acceptors (Lipinski definition) is 4. The molecule has 27 heavy (non-hydrogen) atoms. The minimum atomic E-state index is -0.528. The first kappa shape index (κ1) is 20.1. The van der Waals surface area contributed by atoms with Crippen LogP contribution < -0.4 is 5.32 Å². The molecule has 0 radical (unpaired) electrons. The minimum Gasteiger partial charge on any atom is -0.343 e. The van der Waals surface area contributed by atoms with Gasteiger partial charge < -0.3 is 10.2 Å². The third kappa shape index (κ3) is 5.64. The van der Waals surface area contributed by atoms with Crippen LogP contribution in [0.15, 0.2) is 48.5 Å². The second kappa shape index (κ2) is 9.47. The van der Waals surface area contributed by atoms with Crippen molar-refractivity contribution in [1.82, 2.24) is 10.2 Å². The van der Waals surface area contributed by atoms with Gasteiger partial charge in [0.25, 0.3) is 11.6 Å². The molecule has 0 saturated heterocycles. The van der Waals surface area contributed by atoms with E-state index in [0.29, 0.717) is 18.7 Å². The third-order valence-electron chi connectivity index (χ3n) is 4.13. The average Bonchev–Trinajstić information content (AvgIpc) is 2.66. The Bertz CT molecular complexity index is 821. The molecule has 0 spiro atoms. The van der Waals surface area contributed by atoms with Crippen molar-refractivity contribution in [3.8, 4) is 0 Å². The first-order valence-corrected chi connectivity index (χ1v) is 8.77. The van der Waals surface area contributed by atoms with Gasteiger partial charge in [0, 0.05) is 30.3 Å². The van der Waals surface area contributed by atoms with Gasteiger partial charge in [-0.2, -0.15) is 0 Å². The SMILES string of the molecule is CCCN(Cc1ccccc1)C(=O)CNC(=O)c1ccc(C)c([N+](=O)[O-])c1. The van der Waals surface area contributed by atoms with Crippen molar-refractivity contribution in [2.45, 2.75) is 26.8 Å². The molecule has 0 unspecified atom stereocenters. The Kier molecular flexibility index (Phi) is 7.05. The quantitative estimate of drug-likeness (QED) is 0.572. The van der Waals surface area contributed by atoms with Crippen LogP contribution in [0, 0.1) is 17.0 Å². The molecule has 2 aromatic rings. The lowest BCUT2D eigenvalue weighted by Gasteiger charge is -2.22. The Morgan fingerprint density at radius 1 is 1.15 bits per heavy atom. The molecular formula is C20H23N3O4. The molecule has 0 aromatic heterocycles. The minimum absolute atomic E-state index is 0.120. The highest BCUT2D eigenvalue weighted by atomic mass is 16.6. The molecule has 0 heterocycles. The Labute approximate surface area is 158 Å². The van der Waals surface area contributed by atoms with Gasteiger partial charge in [-0.3, -0.25) is 19.7 Å². The van der Waals surface area contributed by atoms with Gasteiger partial charge in [0.1, 0.15) is 0 Å². The number of nitrogens with zero attached hydrogens (tertiary/aromatic N) is 2. The summed E-state index contributed by atoms with van der Waals surface area (Å²) in [5, 5.41) is 13.6. The van der Waals surface area contributed by atoms with E-state index in [-0.39, 0.29) is 23.7 Å². The van der Waals surface area contributed by atoms with Crippen LogP contribution >= 0.6 is 0 Å². The molecular weight excluding hydrogens is 346 g/mol. The molecule has 2 amide bonds. The molecule has 142 valence electrons. The molecule has 0 aliphatic heterocycles. The molecule has 0 aliphatic rings. The van der Waals surface area contributed by atoms with E-state index in [1.807, 2.05) is 37.3 Å². The number of amides is 2. The molecule has 0 bridgehead atoms. The van der Waals surface area contributed by atoms with Crippen molar-refractivity contribution >= 4 is 17.5 Å². The fourth-order valence-corrected chi connectivity index (χ4v) is 2.68. The van der Waals surface area contributed by atoms with Gasteiger partial charge in [-0.15, -0.1) is 0 Å². The first-order valence-electron chi connectivity index (χ1n) is 8.77. The smallest absolute Gasteiger partial charge is 0.273 e. The number of carbonyl (C=O) groups excluding carboxylic acids is 2. The molecule has 2 aromatic carbocycles. The molecule has 7 heteroatoms. The molecule has 0 fully saturated rings. The lowest BCUT2D eigenvalue weighted by molar-refractivity contribution is -0.385. The average molecular weight is 369 g/mol. The number of rotatable bonds is 8. The predicted molar refractivity (Wildman–Crippen MR) is 102 cm³/mol. The van der Waals surface area contributed by atoms with Gasteiger partial charge >= 0.3 is 0 Å². The monoisotopic (exact) mass is 369 g/mol. The highest BCUT2D eigenvalue weighted by molar-refractivity contribution is 5.97. The molecule has 0 atom stereocenters. The fourth-order valence-electron chi connectivity index (χ4n) is 2.68. The van der Waals surface area contributed by atoms with E-state index < -0.39 is 10.8 Å². The van der Waals surface area contributed by atoms with E-state index in [1.165, 1.54) is 18.2 Å². The Morgan fingerprint density at radius 3 is 2.48 bits per heavy atom. The maximum atomic E-state index is 12.5. The number of nitro benzene ring substituents is 1. The molecule has 0 saturated carbocycles.